The van der Waals surface area contributed by atoms with Crippen molar-refractivity contribution in [2.75, 3.05) is 7.11 Å². The average Bonchev–Trinajstić information content (AvgIpc) is 2.04. The molecule has 12 heavy (non-hydrogen) atoms. The summed E-state index contributed by atoms with van der Waals surface area (Å²) >= 11 is 3.22. The van der Waals surface area contributed by atoms with Crippen LogP contribution in [0.4, 0.5) is 0 Å². The van der Waals surface area contributed by atoms with E-state index in [4.69, 9.17) is 10.00 Å². The van der Waals surface area contributed by atoms with Gasteiger partial charge in [0.2, 0.25) is 5.88 Å². The number of hydrogen-bond acceptors (Lipinski definition) is 3. The lowest BCUT2D eigenvalue weighted by molar-refractivity contribution is 0.396. The number of nitrogens with zero attached hydrogens (tertiary/aromatic N) is 2. The van der Waals surface area contributed by atoms with Crippen LogP contribution in [0.5, 0.6) is 5.88 Å². The lowest BCUT2D eigenvalue weighted by Gasteiger charge is -2.01. The fourth-order valence-electron chi connectivity index (χ4n) is 0.821. The van der Waals surface area contributed by atoms with Gasteiger partial charge in [-0.15, -0.1) is 0 Å². The van der Waals surface area contributed by atoms with Gasteiger partial charge in [-0.3, -0.25) is 0 Å². The molecule has 0 aliphatic rings. The predicted octanol–water partition coefficient (Wildman–Crippen LogP) is 1.92. The first-order chi connectivity index (χ1) is 5.76. The molecule has 0 fully saturated rings. The van der Waals surface area contributed by atoms with Crippen LogP contribution in [0.2, 0.25) is 0 Å². The summed E-state index contributed by atoms with van der Waals surface area (Å²) in [7, 11) is 1.55. The van der Waals surface area contributed by atoms with Crippen LogP contribution < -0.4 is 4.74 Å². The molecule has 62 valence electrons. The molecule has 0 saturated heterocycles. The van der Waals surface area contributed by atoms with Gasteiger partial charge in [-0.2, -0.15) is 5.26 Å². The van der Waals surface area contributed by atoms with E-state index in [0.717, 1.165) is 5.56 Å². The van der Waals surface area contributed by atoms with Crippen molar-refractivity contribution in [1.29, 1.82) is 5.26 Å². The molecule has 3 nitrogen and oxygen atoms in total. The van der Waals surface area contributed by atoms with E-state index in [-0.39, 0.29) is 0 Å². The number of aromatic nitrogens is 1. The predicted molar refractivity (Wildman–Crippen MR) is 47.8 cm³/mol. The van der Waals surface area contributed by atoms with Crippen LogP contribution >= 0.6 is 15.9 Å². The van der Waals surface area contributed by atoms with E-state index in [1.807, 2.05) is 0 Å². The van der Waals surface area contributed by atoms with Gasteiger partial charge < -0.3 is 4.74 Å². The second-order valence-corrected chi connectivity index (χ2v) is 2.99. The molecule has 0 aromatic carbocycles. The van der Waals surface area contributed by atoms with E-state index in [9.17, 15) is 0 Å². The quantitative estimate of drug-likeness (QED) is 0.725. The second kappa shape index (κ2) is 4.07. The molecular formula is C8H7BrN2O. The standard InChI is InChI=1S/C8H7BrN2O/c1-12-8-5-6(2-3-10)4-7(9)11-8/h4-5H,2H2,1H3. The summed E-state index contributed by atoms with van der Waals surface area (Å²) in [5.41, 5.74) is 0.899. The highest BCUT2D eigenvalue weighted by molar-refractivity contribution is 9.10. The van der Waals surface area contributed by atoms with Gasteiger partial charge in [-0.25, -0.2) is 4.98 Å². The average molecular weight is 227 g/mol. The second-order valence-electron chi connectivity index (χ2n) is 2.18. The van der Waals surface area contributed by atoms with Crippen molar-refractivity contribution in [3.63, 3.8) is 0 Å². The van der Waals surface area contributed by atoms with Crippen molar-refractivity contribution in [3.05, 3.63) is 22.3 Å². The molecule has 4 heteroatoms. The number of halogens is 1. The third-order valence-electron chi connectivity index (χ3n) is 1.32. The number of rotatable bonds is 2. The molecule has 0 amide bonds. The molecular weight excluding hydrogens is 220 g/mol. The van der Waals surface area contributed by atoms with Crippen LogP contribution in [0, 0.1) is 11.3 Å². The van der Waals surface area contributed by atoms with Crippen molar-refractivity contribution in [2.45, 2.75) is 6.42 Å². The third-order valence-corrected chi connectivity index (χ3v) is 1.73. The Morgan fingerprint density at radius 2 is 2.42 bits per heavy atom. The van der Waals surface area contributed by atoms with Crippen molar-refractivity contribution >= 4 is 15.9 Å². The molecule has 0 spiro atoms. The van der Waals surface area contributed by atoms with Crippen molar-refractivity contribution in [3.8, 4) is 11.9 Å². The van der Waals surface area contributed by atoms with Gasteiger partial charge in [0.1, 0.15) is 4.60 Å². The summed E-state index contributed by atoms with van der Waals surface area (Å²) in [6.45, 7) is 0. The van der Waals surface area contributed by atoms with Gasteiger partial charge in [-0.05, 0) is 27.6 Å². The summed E-state index contributed by atoms with van der Waals surface area (Å²) in [5.74, 6) is 0.523. The summed E-state index contributed by atoms with van der Waals surface area (Å²) in [6, 6.07) is 5.60. The first kappa shape index (κ1) is 9.01. The van der Waals surface area contributed by atoms with Crippen LogP contribution in [-0.4, -0.2) is 12.1 Å². The third kappa shape index (κ3) is 2.21. The Morgan fingerprint density at radius 3 is 3.00 bits per heavy atom. The maximum atomic E-state index is 8.45. The van der Waals surface area contributed by atoms with Crippen molar-refractivity contribution in [1.82, 2.24) is 4.98 Å². The molecule has 0 aliphatic heterocycles. The van der Waals surface area contributed by atoms with E-state index < -0.39 is 0 Å². The lowest BCUT2D eigenvalue weighted by atomic mass is 10.2. The Morgan fingerprint density at radius 1 is 1.67 bits per heavy atom. The zero-order chi connectivity index (χ0) is 8.97. The normalized spacial score (nSPS) is 9.08. The number of ether oxygens (including phenoxy) is 1. The molecule has 0 N–H and O–H groups in total. The summed E-state index contributed by atoms with van der Waals surface area (Å²) in [5, 5.41) is 8.45. The van der Waals surface area contributed by atoms with E-state index in [0.29, 0.717) is 16.9 Å². The fourth-order valence-corrected chi connectivity index (χ4v) is 1.29. The van der Waals surface area contributed by atoms with Crippen LogP contribution in [0.1, 0.15) is 5.56 Å². The molecule has 0 atom stereocenters. The summed E-state index contributed by atoms with van der Waals surface area (Å²) < 4.78 is 5.62. The van der Waals surface area contributed by atoms with Gasteiger partial charge in [0.05, 0.1) is 19.6 Å². The highest BCUT2D eigenvalue weighted by Gasteiger charge is 1.99. The largest absolute Gasteiger partial charge is 0.481 e. The number of nitriles is 1. The molecule has 0 saturated carbocycles. The SMILES string of the molecule is COc1cc(CC#N)cc(Br)n1. The Labute approximate surface area is 79.1 Å². The number of methoxy groups -OCH3 is 1. The van der Waals surface area contributed by atoms with Gasteiger partial charge in [-0.1, -0.05) is 0 Å². The van der Waals surface area contributed by atoms with Gasteiger partial charge in [0, 0.05) is 6.07 Å². The number of pyridine rings is 1. The molecule has 0 radical (unpaired) electrons. The first-order valence-electron chi connectivity index (χ1n) is 3.33. The maximum absolute atomic E-state index is 8.45. The fraction of sp³-hybridized carbons (Fsp3) is 0.250. The van der Waals surface area contributed by atoms with Gasteiger partial charge in [0.25, 0.3) is 0 Å². The topological polar surface area (TPSA) is 45.9 Å². The monoisotopic (exact) mass is 226 g/mol. The highest BCUT2D eigenvalue weighted by atomic mass is 79.9. The van der Waals surface area contributed by atoms with Crippen LogP contribution in [0.3, 0.4) is 0 Å². The summed E-state index contributed by atoms with van der Waals surface area (Å²) in [4.78, 5) is 4.02. The van der Waals surface area contributed by atoms with E-state index >= 15 is 0 Å². The van der Waals surface area contributed by atoms with Crippen molar-refractivity contribution < 1.29 is 4.74 Å². The zero-order valence-electron chi connectivity index (χ0n) is 6.54. The van der Waals surface area contributed by atoms with Crippen LogP contribution in [-0.2, 0) is 6.42 Å². The smallest absolute Gasteiger partial charge is 0.214 e. The Kier molecular flexibility index (Phi) is 3.06. The molecule has 0 unspecified atom stereocenters. The molecule has 1 heterocycles. The zero-order valence-corrected chi connectivity index (χ0v) is 8.13. The maximum Gasteiger partial charge on any atom is 0.214 e. The summed E-state index contributed by atoms with van der Waals surface area (Å²) in [6.07, 6.45) is 0.372. The first-order valence-corrected chi connectivity index (χ1v) is 4.13. The highest BCUT2D eigenvalue weighted by Crippen LogP contribution is 2.16. The molecule has 0 bridgehead atoms. The van der Waals surface area contributed by atoms with E-state index in [1.54, 1.807) is 19.2 Å². The minimum atomic E-state index is 0.372. The lowest BCUT2D eigenvalue weighted by Crippen LogP contribution is -1.90. The molecule has 1 rings (SSSR count). The Bertz CT molecular complexity index is 319. The van der Waals surface area contributed by atoms with Gasteiger partial charge in [0.15, 0.2) is 0 Å². The van der Waals surface area contributed by atoms with Gasteiger partial charge >= 0.3 is 0 Å². The van der Waals surface area contributed by atoms with Crippen LogP contribution in [0.25, 0.3) is 0 Å². The molecule has 0 aliphatic carbocycles. The minimum absolute atomic E-state index is 0.372. The minimum Gasteiger partial charge on any atom is -0.481 e. The van der Waals surface area contributed by atoms with Crippen LogP contribution in [0.15, 0.2) is 16.7 Å². The molecule has 1 aromatic heterocycles. The number of hydrogen-bond donors (Lipinski definition) is 0. The Balaban J connectivity index is 2.99. The van der Waals surface area contributed by atoms with Crippen molar-refractivity contribution in [2.24, 2.45) is 0 Å². The Hall–Kier alpha value is -1.08. The molecule has 1 aromatic rings. The van der Waals surface area contributed by atoms with E-state index in [1.165, 1.54) is 0 Å². The van der Waals surface area contributed by atoms with E-state index in [2.05, 4.69) is 27.0 Å².